The number of esters is 1. The number of carbonyl (C=O) groups excluding carboxylic acids is 3. The van der Waals surface area contributed by atoms with E-state index in [1.165, 1.54) is 19.2 Å². The summed E-state index contributed by atoms with van der Waals surface area (Å²) in [5, 5.41) is 14.2. The monoisotopic (exact) mass is 377 g/mol. The molecule has 28 heavy (non-hydrogen) atoms. The molecule has 0 saturated heterocycles. The van der Waals surface area contributed by atoms with E-state index in [0.717, 1.165) is 5.56 Å². The van der Waals surface area contributed by atoms with E-state index < -0.39 is 18.5 Å². The highest BCUT2D eigenvalue weighted by Crippen LogP contribution is 2.12. The quantitative estimate of drug-likeness (QED) is 0.457. The fourth-order valence-corrected chi connectivity index (χ4v) is 2.25. The van der Waals surface area contributed by atoms with Crippen LogP contribution in [0.5, 0.6) is 0 Å². The zero-order valence-electron chi connectivity index (χ0n) is 15.5. The highest BCUT2D eigenvalue weighted by Gasteiger charge is 2.14. The normalized spacial score (nSPS) is 10.5. The molecule has 0 unspecified atom stereocenters. The van der Waals surface area contributed by atoms with Crippen molar-refractivity contribution in [3.63, 3.8) is 0 Å². The molecule has 0 spiro atoms. The highest BCUT2D eigenvalue weighted by atomic mass is 16.5. The smallest absolute Gasteiger partial charge is 0.349 e. The molecule has 142 valence electrons. The number of rotatable bonds is 6. The molecular weight excluding hydrogens is 358 g/mol. The summed E-state index contributed by atoms with van der Waals surface area (Å²) in [6.45, 7) is 1.37. The van der Waals surface area contributed by atoms with Gasteiger partial charge in [0.2, 0.25) is 0 Å². The van der Waals surface area contributed by atoms with E-state index in [1.807, 2.05) is 19.1 Å². The molecule has 0 atom stereocenters. The number of amides is 2. The van der Waals surface area contributed by atoms with Crippen molar-refractivity contribution < 1.29 is 19.1 Å². The Bertz CT molecular complexity index is 956. The van der Waals surface area contributed by atoms with Gasteiger partial charge in [0.25, 0.3) is 11.8 Å². The van der Waals surface area contributed by atoms with E-state index in [0.29, 0.717) is 16.8 Å². The number of nitrogens with one attached hydrogen (secondary N) is 2. The second-order valence-corrected chi connectivity index (χ2v) is 5.86. The standard InChI is InChI=1S/C21H19N3O4/c1-14-6-8-15(9-7-14)10-17(12-22)21(27)28-13-19(25)24-18-5-3-4-16(11-18)20(26)23-2/h3-11H,13H2,1-2H3,(H,23,26)(H,24,25)/b17-10+. The summed E-state index contributed by atoms with van der Waals surface area (Å²) in [5.74, 6) is -1.77. The molecule has 2 amide bonds. The summed E-state index contributed by atoms with van der Waals surface area (Å²) in [4.78, 5) is 35.6. The second kappa shape index (κ2) is 9.69. The third-order valence-corrected chi connectivity index (χ3v) is 3.70. The van der Waals surface area contributed by atoms with Gasteiger partial charge in [0, 0.05) is 18.3 Å². The van der Waals surface area contributed by atoms with Gasteiger partial charge in [-0.15, -0.1) is 0 Å². The van der Waals surface area contributed by atoms with Gasteiger partial charge in [0.15, 0.2) is 6.61 Å². The molecule has 0 bridgehead atoms. The summed E-state index contributed by atoms with van der Waals surface area (Å²) in [5.41, 5.74) is 2.28. The Labute approximate surface area is 162 Å². The zero-order valence-corrected chi connectivity index (χ0v) is 15.5. The maximum Gasteiger partial charge on any atom is 0.349 e. The molecule has 0 aromatic heterocycles. The van der Waals surface area contributed by atoms with Crippen LogP contribution in [0.4, 0.5) is 5.69 Å². The van der Waals surface area contributed by atoms with Crippen molar-refractivity contribution in [2.45, 2.75) is 6.92 Å². The molecule has 2 aromatic rings. The van der Waals surface area contributed by atoms with E-state index in [-0.39, 0.29) is 11.5 Å². The second-order valence-electron chi connectivity index (χ2n) is 5.86. The number of benzene rings is 2. The van der Waals surface area contributed by atoms with Crippen molar-refractivity contribution in [2.75, 3.05) is 19.0 Å². The van der Waals surface area contributed by atoms with Gasteiger partial charge in [-0.1, -0.05) is 35.9 Å². The molecule has 0 radical (unpaired) electrons. The van der Waals surface area contributed by atoms with Gasteiger partial charge in [-0.25, -0.2) is 4.79 Å². The van der Waals surface area contributed by atoms with Crippen LogP contribution in [0.3, 0.4) is 0 Å². The number of nitriles is 1. The number of aryl methyl sites for hydroxylation is 1. The Morgan fingerprint density at radius 3 is 2.50 bits per heavy atom. The topological polar surface area (TPSA) is 108 Å². The van der Waals surface area contributed by atoms with Crippen LogP contribution in [0.2, 0.25) is 0 Å². The zero-order chi connectivity index (χ0) is 20.5. The van der Waals surface area contributed by atoms with Crippen LogP contribution >= 0.6 is 0 Å². The van der Waals surface area contributed by atoms with Gasteiger partial charge in [-0.05, 0) is 36.8 Å². The maximum atomic E-state index is 12.0. The molecule has 0 heterocycles. The summed E-state index contributed by atoms with van der Waals surface area (Å²) >= 11 is 0. The van der Waals surface area contributed by atoms with Crippen molar-refractivity contribution in [1.82, 2.24) is 5.32 Å². The summed E-state index contributed by atoms with van der Waals surface area (Å²) in [6.07, 6.45) is 1.40. The molecule has 0 aliphatic rings. The first-order valence-corrected chi connectivity index (χ1v) is 8.40. The Hall–Kier alpha value is -3.92. The van der Waals surface area contributed by atoms with Gasteiger partial charge in [-0.2, -0.15) is 5.26 Å². The molecule has 0 aliphatic carbocycles. The average Bonchev–Trinajstić information content (AvgIpc) is 2.71. The van der Waals surface area contributed by atoms with Crippen molar-refractivity contribution >= 4 is 29.5 Å². The molecular formula is C21H19N3O4. The Morgan fingerprint density at radius 1 is 1.14 bits per heavy atom. The lowest BCUT2D eigenvalue weighted by Crippen LogP contribution is -2.22. The lowest BCUT2D eigenvalue weighted by atomic mass is 10.1. The molecule has 0 saturated carbocycles. The summed E-state index contributed by atoms with van der Waals surface area (Å²) in [6, 6.07) is 15.3. The Kier molecular flexibility index (Phi) is 7.06. The number of carbonyl (C=O) groups is 3. The van der Waals surface area contributed by atoms with Crippen LogP contribution in [0.15, 0.2) is 54.1 Å². The van der Waals surface area contributed by atoms with Crippen molar-refractivity contribution in [1.29, 1.82) is 5.26 Å². The first-order chi connectivity index (χ1) is 13.4. The van der Waals surface area contributed by atoms with Crippen LogP contribution in [0.25, 0.3) is 6.08 Å². The van der Waals surface area contributed by atoms with E-state index in [2.05, 4.69) is 10.6 Å². The fraction of sp³-hybridized carbons (Fsp3) is 0.143. The molecule has 7 heteroatoms. The Balaban J connectivity index is 1.96. The van der Waals surface area contributed by atoms with Crippen LogP contribution in [-0.2, 0) is 14.3 Å². The van der Waals surface area contributed by atoms with Gasteiger partial charge in [0.05, 0.1) is 0 Å². The van der Waals surface area contributed by atoms with Crippen LogP contribution in [0, 0.1) is 18.3 Å². The number of hydrogen-bond acceptors (Lipinski definition) is 5. The minimum absolute atomic E-state index is 0.210. The number of nitrogens with zero attached hydrogens (tertiary/aromatic N) is 1. The van der Waals surface area contributed by atoms with Gasteiger partial charge in [0.1, 0.15) is 11.6 Å². The third-order valence-electron chi connectivity index (χ3n) is 3.70. The van der Waals surface area contributed by atoms with E-state index in [4.69, 9.17) is 10.00 Å². The fourth-order valence-electron chi connectivity index (χ4n) is 2.25. The lowest BCUT2D eigenvalue weighted by Gasteiger charge is -2.08. The predicted molar refractivity (Wildman–Crippen MR) is 104 cm³/mol. The first kappa shape index (κ1) is 20.4. The third kappa shape index (κ3) is 5.81. The number of hydrogen-bond donors (Lipinski definition) is 2. The van der Waals surface area contributed by atoms with E-state index in [1.54, 1.807) is 36.4 Å². The number of anilines is 1. The average molecular weight is 377 g/mol. The van der Waals surface area contributed by atoms with Gasteiger partial charge >= 0.3 is 5.97 Å². The first-order valence-electron chi connectivity index (χ1n) is 8.40. The van der Waals surface area contributed by atoms with Gasteiger partial charge < -0.3 is 15.4 Å². The predicted octanol–water partition coefficient (Wildman–Crippen LogP) is 2.44. The maximum absolute atomic E-state index is 12.0. The summed E-state index contributed by atoms with van der Waals surface area (Å²) < 4.78 is 4.90. The molecule has 2 N–H and O–H groups in total. The van der Waals surface area contributed by atoms with Crippen molar-refractivity contribution in [3.8, 4) is 6.07 Å². The molecule has 2 rings (SSSR count). The highest BCUT2D eigenvalue weighted by molar-refractivity contribution is 6.00. The van der Waals surface area contributed by atoms with Crippen molar-refractivity contribution in [2.24, 2.45) is 0 Å². The molecule has 7 nitrogen and oxygen atoms in total. The largest absolute Gasteiger partial charge is 0.451 e. The van der Waals surface area contributed by atoms with Gasteiger partial charge in [-0.3, -0.25) is 9.59 Å². The molecule has 0 fully saturated rings. The lowest BCUT2D eigenvalue weighted by molar-refractivity contribution is -0.142. The molecule has 0 aliphatic heterocycles. The van der Waals surface area contributed by atoms with Crippen LogP contribution in [0.1, 0.15) is 21.5 Å². The minimum atomic E-state index is -0.891. The number of ether oxygens (including phenoxy) is 1. The summed E-state index contributed by atoms with van der Waals surface area (Å²) in [7, 11) is 1.50. The molecule has 2 aromatic carbocycles. The van der Waals surface area contributed by atoms with E-state index in [9.17, 15) is 14.4 Å². The SMILES string of the molecule is CNC(=O)c1cccc(NC(=O)COC(=O)/C(C#N)=C/c2ccc(C)cc2)c1. The van der Waals surface area contributed by atoms with Crippen LogP contribution < -0.4 is 10.6 Å². The Morgan fingerprint density at radius 2 is 1.86 bits per heavy atom. The van der Waals surface area contributed by atoms with Crippen LogP contribution in [-0.4, -0.2) is 31.4 Å². The minimum Gasteiger partial charge on any atom is -0.451 e. The van der Waals surface area contributed by atoms with Crippen molar-refractivity contribution in [3.05, 3.63) is 70.8 Å². The van der Waals surface area contributed by atoms with E-state index >= 15 is 0 Å².